The highest BCUT2D eigenvalue weighted by atomic mass is 16.5. The molecule has 2 atom stereocenters. The highest BCUT2D eigenvalue weighted by Crippen LogP contribution is 2.18. The molecule has 2 unspecified atom stereocenters. The number of aromatic carboxylic acids is 1. The molecule has 1 rings (SSSR count). The molecule has 0 radical (unpaired) electrons. The van der Waals surface area contributed by atoms with E-state index in [1.54, 1.807) is 19.9 Å². The van der Waals surface area contributed by atoms with Crippen LogP contribution in [0.2, 0.25) is 0 Å². The van der Waals surface area contributed by atoms with Crippen molar-refractivity contribution in [3.63, 3.8) is 0 Å². The van der Waals surface area contributed by atoms with Crippen LogP contribution >= 0.6 is 0 Å². The molecule has 1 heterocycles. The van der Waals surface area contributed by atoms with Crippen molar-refractivity contribution in [2.75, 3.05) is 0 Å². The van der Waals surface area contributed by atoms with Crippen LogP contribution in [0.25, 0.3) is 0 Å². The zero-order chi connectivity index (χ0) is 16.0. The van der Waals surface area contributed by atoms with Crippen molar-refractivity contribution in [1.29, 1.82) is 0 Å². The van der Waals surface area contributed by atoms with Crippen molar-refractivity contribution in [3.05, 3.63) is 23.5 Å². The van der Waals surface area contributed by atoms with Crippen LogP contribution in [-0.4, -0.2) is 34.1 Å². The molecule has 6 heteroatoms. The van der Waals surface area contributed by atoms with E-state index in [9.17, 15) is 9.59 Å². The maximum Gasteiger partial charge on any atom is 0.358 e. The van der Waals surface area contributed by atoms with Gasteiger partial charge in [0.2, 0.25) is 0 Å². The Morgan fingerprint density at radius 1 is 1.38 bits per heavy atom. The number of ether oxygens (including phenoxy) is 1. The first kappa shape index (κ1) is 16.9. The maximum absolute atomic E-state index is 12.0. The summed E-state index contributed by atoms with van der Waals surface area (Å²) in [5.74, 6) is -1.35. The van der Waals surface area contributed by atoms with Crippen molar-refractivity contribution in [2.24, 2.45) is 0 Å². The fraction of sp³-hybridized carbons (Fsp3) is 0.533. The van der Waals surface area contributed by atoms with Crippen LogP contribution in [0.1, 0.15) is 49.8 Å². The van der Waals surface area contributed by atoms with E-state index < -0.39 is 12.1 Å². The normalized spacial score (nSPS) is 13.3. The number of pyridine rings is 1. The monoisotopic (exact) mass is 294 g/mol. The van der Waals surface area contributed by atoms with Crippen LogP contribution in [-0.2, 0) is 4.79 Å². The van der Waals surface area contributed by atoms with E-state index in [1.165, 1.54) is 6.07 Å². The Morgan fingerprint density at radius 3 is 2.62 bits per heavy atom. The summed E-state index contributed by atoms with van der Waals surface area (Å²) in [5.41, 5.74) is 0.393. The summed E-state index contributed by atoms with van der Waals surface area (Å²) in [7, 11) is 0. The number of carboxylic acid groups (broad SMARTS) is 1. The summed E-state index contributed by atoms with van der Waals surface area (Å²) in [4.78, 5) is 27.0. The third-order valence-corrected chi connectivity index (χ3v) is 2.98. The van der Waals surface area contributed by atoms with Gasteiger partial charge in [-0.3, -0.25) is 4.79 Å². The molecule has 0 aliphatic rings. The van der Waals surface area contributed by atoms with Crippen LogP contribution in [0.5, 0.6) is 5.75 Å². The van der Waals surface area contributed by atoms with Crippen molar-refractivity contribution in [1.82, 2.24) is 10.3 Å². The van der Waals surface area contributed by atoms with Crippen LogP contribution < -0.4 is 10.1 Å². The minimum atomic E-state index is -1.18. The van der Waals surface area contributed by atoms with E-state index in [0.717, 1.165) is 12.8 Å². The van der Waals surface area contributed by atoms with Crippen molar-refractivity contribution >= 4 is 11.9 Å². The van der Waals surface area contributed by atoms with Crippen molar-refractivity contribution in [2.45, 2.75) is 52.7 Å². The number of amides is 1. The van der Waals surface area contributed by atoms with E-state index in [2.05, 4.69) is 10.3 Å². The summed E-state index contributed by atoms with van der Waals surface area (Å²) in [6.07, 6.45) is 1.07. The summed E-state index contributed by atoms with van der Waals surface area (Å²) >= 11 is 0. The van der Waals surface area contributed by atoms with E-state index in [4.69, 9.17) is 9.84 Å². The van der Waals surface area contributed by atoms with Gasteiger partial charge in [-0.15, -0.1) is 0 Å². The number of rotatable bonds is 7. The Morgan fingerprint density at radius 2 is 2.05 bits per heavy atom. The zero-order valence-corrected chi connectivity index (χ0v) is 12.8. The molecule has 0 saturated carbocycles. The smallest absolute Gasteiger partial charge is 0.358 e. The predicted molar refractivity (Wildman–Crippen MR) is 78.5 cm³/mol. The van der Waals surface area contributed by atoms with Gasteiger partial charge in [0, 0.05) is 11.7 Å². The topological polar surface area (TPSA) is 88.5 Å². The van der Waals surface area contributed by atoms with Gasteiger partial charge < -0.3 is 15.2 Å². The average molecular weight is 294 g/mol. The second-order valence-electron chi connectivity index (χ2n) is 5.06. The minimum absolute atomic E-state index is 0.0589. The quantitative estimate of drug-likeness (QED) is 0.804. The number of carbonyl (C=O) groups excluding carboxylic acids is 1. The first-order chi connectivity index (χ1) is 9.85. The van der Waals surface area contributed by atoms with E-state index >= 15 is 0 Å². The largest absolute Gasteiger partial charge is 0.478 e. The molecule has 0 bridgehead atoms. The van der Waals surface area contributed by atoms with Gasteiger partial charge in [-0.1, -0.05) is 13.3 Å². The van der Waals surface area contributed by atoms with Crippen molar-refractivity contribution < 1.29 is 19.4 Å². The SMILES string of the molecule is CCCC(C)NC(=O)C(C)Oc1ccc(C)nc1C(=O)O. The van der Waals surface area contributed by atoms with Crippen LogP contribution in [0.15, 0.2) is 12.1 Å². The molecule has 6 nitrogen and oxygen atoms in total. The molecule has 21 heavy (non-hydrogen) atoms. The third-order valence-electron chi connectivity index (χ3n) is 2.98. The summed E-state index contributed by atoms with van der Waals surface area (Å²) in [6, 6.07) is 3.22. The fourth-order valence-corrected chi connectivity index (χ4v) is 1.90. The summed E-state index contributed by atoms with van der Waals surface area (Å²) in [5, 5.41) is 11.9. The molecule has 0 spiro atoms. The minimum Gasteiger partial charge on any atom is -0.478 e. The number of aromatic nitrogens is 1. The third kappa shape index (κ3) is 5.06. The Balaban J connectivity index is 2.76. The number of nitrogens with zero attached hydrogens (tertiary/aromatic N) is 1. The molecule has 0 fully saturated rings. The molecule has 0 aromatic carbocycles. The van der Waals surface area contributed by atoms with Gasteiger partial charge >= 0.3 is 5.97 Å². The predicted octanol–water partition coefficient (Wildman–Crippen LogP) is 2.16. The molecular weight excluding hydrogens is 272 g/mol. The lowest BCUT2D eigenvalue weighted by Gasteiger charge is -2.19. The Hall–Kier alpha value is -2.11. The number of carboxylic acids is 1. The second kappa shape index (κ2) is 7.61. The lowest BCUT2D eigenvalue weighted by Crippen LogP contribution is -2.41. The van der Waals surface area contributed by atoms with E-state index in [-0.39, 0.29) is 23.4 Å². The Bertz CT molecular complexity index is 516. The molecule has 0 saturated heterocycles. The van der Waals surface area contributed by atoms with Crippen LogP contribution in [0, 0.1) is 6.92 Å². The first-order valence-corrected chi connectivity index (χ1v) is 7.03. The number of nitrogens with one attached hydrogen (secondary N) is 1. The first-order valence-electron chi connectivity index (χ1n) is 7.03. The van der Waals surface area contributed by atoms with Crippen LogP contribution in [0.4, 0.5) is 0 Å². The zero-order valence-electron chi connectivity index (χ0n) is 12.8. The molecule has 116 valence electrons. The van der Waals surface area contributed by atoms with E-state index in [1.807, 2.05) is 13.8 Å². The number of hydrogen-bond donors (Lipinski definition) is 2. The number of hydrogen-bond acceptors (Lipinski definition) is 4. The van der Waals surface area contributed by atoms with Gasteiger partial charge in [0.05, 0.1) is 0 Å². The summed E-state index contributed by atoms with van der Waals surface area (Å²) in [6.45, 7) is 7.24. The maximum atomic E-state index is 12.0. The van der Waals surface area contributed by atoms with Crippen molar-refractivity contribution in [3.8, 4) is 5.75 Å². The average Bonchev–Trinajstić information content (AvgIpc) is 2.40. The molecule has 1 aromatic heterocycles. The van der Waals surface area contributed by atoms with Crippen LogP contribution in [0.3, 0.4) is 0 Å². The highest BCUT2D eigenvalue weighted by Gasteiger charge is 2.20. The highest BCUT2D eigenvalue weighted by molar-refractivity contribution is 5.89. The molecular formula is C15H22N2O4. The molecule has 2 N–H and O–H groups in total. The fourth-order valence-electron chi connectivity index (χ4n) is 1.90. The van der Waals surface area contributed by atoms with Gasteiger partial charge in [0.25, 0.3) is 5.91 Å². The number of carbonyl (C=O) groups is 2. The van der Waals surface area contributed by atoms with Gasteiger partial charge in [-0.2, -0.15) is 0 Å². The van der Waals surface area contributed by atoms with Gasteiger partial charge in [-0.05, 0) is 39.3 Å². The molecule has 0 aliphatic heterocycles. The lowest BCUT2D eigenvalue weighted by molar-refractivity contribution is -0.127. The molecule has 1 aromatic rings. The molecule has 0 aliphatic carbocycles. The Labute approximate surface area is 124 Å². The number of aryl methyl sites for hydroxylation is 1. The van der Waals surface area contributed by atoms with Gasteiger partial charge in [0.1, 0.15) is 0 Å². The Kier molecular flexibility index (Phi) is 6.14. The standard InChI is InChI=1S/C15H22N2O4/c1-5-6-9(2)17-14(18)11(4)21-12-8-7-10(3)16-13(12)15(19)20/h7-9,11H,5-6H2,1-4H3,(H,17,18)(H,19,20). The van der Waals surface area contributed by atoms with Gasteiger partial charge in [0.15, 0.2) is 17.5 Å². The summed E-state index contributed by atoms with van der Waals surface area (Å²) < 4.78 is 5.45. The van der Waals surface area contributed by atoms with Gasteiger partial charge in [-0.25, -0.2) is 9.78 Å². The lowest BCUT2D eigenvalue weighted by atomic mass is 10.2. The molecule has 1 amide bonds. The second-order valence-corrected chi connectivity index (χ2v) is 5.06. The van der Waals surface area contributed by atoms with E-state index in [0.29, 0.717) is 5.69 Å².